The van der Waals surface area contributed by atoms with Crippen LogP contribution in [-0.2, 0) is 14.2 Å². The van der Waals surface area contributed by atoms with Gasteiger partial charge in [0, 0.05) is 26.2 Å². The average Bonchev–Trinajstić information content (AvgIpc) is 2.19. The third-order valence-corrected chi connectivity index (χ3v) is 2.03. The van der Waals surface area contributed by atoms with E-state index >= 15 is 0 Å². The molecule has 4 heteroatoms. The van der Waals surface area contributed by atoms with Crippen LogP contribution >= 0.6 is 0 Å². The molecule has 0 aliphatic carbocycles. The van der Waals surface area contributed by atoms with Gasteiger partial charge in [0.2, 0.25) is 0 Å². The van der Waals surface area contributed by atoms with Crippen molar-refractivity contribution in [1.82, 2.24) is 0 Å². The Morgan fingerprint density at radius 2 is 1.33 bits per heavy atom. The van der Waals surface area contributed by atoms with Gasteiger partial charge < -0.3 is 19.9 Å². The van der Waals surface area contributed by atoms with E-state index in [0.29, 0.717) is 26.4 Å². The zero-order valence-electron chi connectivity index (χ0n) is 10.3. The largest absolute Gasteiger partial charge is 0.330 e. The minimum atomic E-state index is -0.854. The molecule has 0 aliphatic heterocycles. The Bertz CT molecular complexity index is 125. The van der Waals surface area contributed by atoms with Crippen molar-refractivity contribution in [2.24, 2.45) is 5.73 Å². The zero-order chi connectivity index (χ0) is 11.6. The average molecular weight is 219 g/mol. The summed E-state index contributed by atoms with van der Waals surface area (Å²) in [7, 11) is 0. The third kappa shape index (κ3) is 6.10. The first kappa shape index (κ1) is 14.8. The topological polar surface area (TPSA) is 53.7 Å². The number of nitrogens with two attached hydrogens (primary N) is 1. The lowest BCUT2D eigenvalue weighted by molar-refractivity contribution is -0.380. The Hall–Kier alpha value is -0.160. The molecule has 0 unspecified atom stereocenters. The summed E-state index contributed by atoms with van der Waals surface area (Å²) in [4.78, 5) is 0. The summed E-state index contributed by atoms with van der Waals surface area (Å²) in [6, 6.07) is 0. The molecule has 15 heavy (non-hydrogen) atoms. The number of unbranched alkanes of at least 4 members (excludes halogenated alkanes) is 1. The van der Waals surface area contributed by atoms with Crippen molar-refractivity contribution in [2.45, 2.75) is 46.0 Å². The molecule has 2 N–H and O–H groups in total. The Morgan fingerprint density at radius 3 is 1.67 bits per heavy atom. The summed E-state index contributed by atoms with van der Waals surface area (Å²) >= 11 is 0. The summed E-state index contributed by atoms with van der Waals surface area (Å²) in [6.07, 6.45) is 2.66. The second-order valence-corrected chi connectivity index (χ2v) is 3.23. The molecule has 0 amide bonds. The molecule has 0 aliphatic rings. The maximum atomic E-state index is 5.57. The molecule has 0 aromatic carbocycles. The summed E-state index contributed by atoms with van der Waals surface area (Å²) in [5.74, 6) is -0.854. The SMILES string of the molecule is CCOC(CCCCN)(OCC)OCC. The Labute approximate surface area is 93.1 Å². The zero-order valence-corrected chi connectivity index (χ0v) is 10.3. The van der Waals surface area contributed by atoms with E-state index in [-0.39, 0.29) is 0 Å². The number of hydrogen-bond acceptors (Lipinski definition) is 4. The smallest absolute Gasteiger partial charge is 0.282 e. The molecule has 0 radical (unpaired) electrons. The van der Waals surface area contributed by atoms with Gasteiger partial charge in [0.1, 0.15) is 0 Å². The van der Waals surface area contributed by atoms with E-state index in [1.807, 2.05) is 20.8 Å². The van der Waals surface area contributed by atoms with Crippen molar-refractivity contribution >= 4 is 0 Å². The molecular formula is C11H25NO3. The second kappa shape index (κ2) is 9.09. The van der Waals surface area contributed by atoms with Crippen molar-refractivity contribution in [2.75, 3.05) is 26.4 Å². The van der Waals surface area contributed by atoms with E-state index in [1.165, 1.54) is 0 Å². The van der Waals surface area contributed by atoms with E-state index in [1.54, 1.807) is 0 Å². The molecule has 0 aromatic rings. The fraction of sp³-hybridized carbons (Fsp3) is 1.00. The maximum absolute atomic E-state index is 5.57. The van der Waals surface area contributed by atoms with E-state index < -0.39 is 5.97 Å². The number of rotatable bonds is 10. The van der Waals surface area contributed by atoms with Gasteiger partial charge >= 0.3 is 0 Å². The first-order valence-electron chi connectivity index (χ1n) is 5.86. The molecule has 0 bridgehead atoms. The third-order valence-electron chi connectivity index (χ3n) is 2.03. The van der Waals surface area contributed by atoms with Gasteiger partial charge in [-0.2, -0.15) is 0 Å². The standard InChI is InChI=1S/C11H25NO3/c1-4-13-11(14-5-2,15-6-3)9-7-8-10-12/h4-10,12H2,1-3H3. The van der Waals surface area contributed by atoms with Crippen LogP contribution in [0.1, 0.15) is 40.0 Å². The Balaban J connectivity index is 4.18. The molecule has 4 nitrogen and oxygen atoms in total. The van der Waals surface area contributed by atoms with Gasteiger partial charge in [-0.3, -0.25) is 0 Å². The quantitative estimate of drug-likeness (QED) is 0.450. The molecule has 92 valence electrons. The van der Waals surface area contributed by atoms with E-state index in [2.05, 4.69) is 0 Å². The van der Waals surface area contributed by atoms with Crippen molar-refractivity contribution in [1.29, 1.82) is 0 Å². The Kier molecular flexibility index (Phi) is 9.00. The molecule has 0 rings (SSSR count). The molecule has 0 heterocycles. The van der Waals surface area contributed by atoms with Gasteiger partial charge in [-0.15, -0.1) is 0 Å². The van der Waals surface area contributed by atoms with Crippen LogP contribution in [0.5, 0.6) is 0 Å². The lowest BCUT2D eigenvalue weighted by Gasteiger charge is -2.32. The number of hydrogen-bond donors (Lipinski definition) is 1. The molecule has 0 atom stereocenters. The van der Waals surface area contributed by atoms with Gasteiger partial charge in [0.05, 0.1) is 0 Å². The molecule has 0 aromatic heterocycles. The fourth-order valence-electron chi connectivity index (χ4n) is 1.49. The highest BCUT2D eigenvalue weighted by Crippen LogP contribution is 2.22. The van der Waals surface area contributed by atoms with Crippen LogP contribution < -0.4 is 5.73 Å². The van der Waals surface area contributed by atoms with Crippen molar-refractivity contribution in [3.63, 3.8) is 0 Å². The lowest BCUT2D eigenvalue weighted by Crippen LogP contribution is -2.39. The van der Waals surface area contributed by atoms with Crippen LogP contribution in [0.4, 0.5) is 0 Å². The van der Waals surface area contributed by atoms with E-state index in [4.69, 9.17) is 19.9 Å². The first-order valence-corrected chi connectivity index (χ1v) is 5.86. The van der Waals surface area contributed by atoms with Crippen molar-refractivity contribution in [3.8, 4) is 0 Å². The highest BCUT2D eigenvalue weighted by atomic mass is 16.9. The van der Waals surface area contributed by atoms with Crippen LogP contribution in [0.25, 0.3) is 0 Å². The fourth-order valence-corrected chi connectivity index (χ4v) is 1.49. The highest BCUT2D eigenvalue weighted by Gasteiger charge is 2.31. The minimum Gasteiger partial charge on any atom is -0.330 e. The maximum Gasteiger partial charge on any atom is 0.282 e. The molecule has 0 fully saturated rings. The van der Waals surface area contributed by atoms with Crippen molar-refractivity contribution < 1.29 is 14.2 Å². The molecule has 0 spiro atoms. The predicted molar refractivity (Wildman–Crippen MR) is 60.5 cm³/mol. The van der Waals surface area contributed by atoms with Gasteiger partial charge in [-0.05, 0) is 40.2 Å². The molecule has 0 saturated heterocycles. The minimum absolute atomic E-state index is 0.586. The van der Waals surface area contributed by atoms with Gasteiger partial charge in [-0.1, -0.05) is 0 Å². The van der Waals surface area contributed by atoms with Crippen LogP contribution in [-0.4, -0.2) is 32.3 Å². The molecule has 0 saturated carbocycles. The van der Waals surface area contributed by atoms with Crippen LogP contribution in [0.2, 0.25) is 0 Å². The number of ether oxygens (including phenoxy) is 3. The van der Waals surface area contributed by atoms with E-state index in [9.17, 15) is 0 Å². The summed E-state index contributed by atoms with van der Waals surface area (Å²) in [6.45, 7) is 8.27. The summed E-state index contributed by atoms with van der Waals surface area (Å²) in [5.41, 5.74) is 5.46. The first-order chi connectivity index (χ1) is 7.24. The van der Waals surface area contributed by atoms with Crippen LogP contribution in [0, 0.1) is 0 Å². The van der Waals surface area contributed by atoms with Crippen LogP contribution in [0.15, 0.2) is 0 Å². The van der Waals surface area contributed by atoms with Gasteiger partial charge in [0.15, 0.2) is 0 Å². The predicted octanol–water partition coefficient (Wildman–Crippen LogP) is 1.88. The lowest BCUT2D eigenvalue weighted by atomic mass is 10.2. The van der Waals surface area contributed by atoms with Gasteiger partial charge in [-0.25, -0.2) is 0 Å². The van der Waals surface area contributed by atoms with Gasteiger partial charge in [0.25, 0.3) is 5.97 Å². The van der Waals surface area contributed by atoms with E-state index in [0.717, 1.165) is 19.3 Å². The highest BCUT2D eigenvalue weighted by molar-refractivity contribution is 4.58. The van der Waals surface area contributed by atoms with Crippen LogP contribution in [0.3, 0.4) is 0 Å². The molecular weight excluding hydrogens is 194 g/mol. The second-order valence-electron chi connectivity index (χ2n) is 3.23. The Morgan fingerprint density at radius 1 is 0.867 bits per heavy atom. The summed E-state index contributed by atoms with van der Waals surface area (Å²) in [5, 5.41) is 0. The normalized spacial score (nSPS) is 12.0. The van der Waals surface area contributed by atoms with Crippen molar-refractivity contribution in [3.05, 3.63) is 0 Å². The monoisotopic (exact) mass is 219 g/mol. The summed E-state index contributed by atoms with van der Waals surface area (Å²) < 4.78 is 16.7.